The molecule has 2 aromatic rings. The first-order valence-corrected chi connectivity index (χ1v) is 10.3. The molecule has 2 amide bonds. The van der Waals surface area contributed by atoms with Crippen LogP contribution in [0.25, 0.3) is 0 Å². The van der Waals surface area contributed by atoms with Crippen molar-refractivity contribution in [3.63, 3.8) is 0 Å². The quantitative estimate of drug-likeness (QED) is 0.726. The summed E-state index contributed by atoms with van der Waals surface area (Å²) in [6.45, 7) is 0.743. The van der Waals surface area contributed by atoms with E-state index in [-0.39, 0.29) is 17.9 Å². The molecule has 3 aliphatic heterocycles. The predicted octanol–water partition coefficient (Wildman–Crippen LogP) is 2.31. The molecule has 3 heterocycles. The Morgan fingerprint density at radius 2 is 1.90 bits per heavy atom. The molecule has 0 saturated carbocycles. The van der Waals surface area contributed by atoms with Gasteiger partial charge in [-0.15, -0.1) is 0 Å². The zero-order valence-corrected chi connectivity index (χ0v) is 17.4. The lowest BCUT2D eigenvalue weighted by molar-refractivity contribution is -0.132. The molecule has 2 aromatic carbocycles. The first-order valence-electron chi connectivity index (χ1n) is 10.3. The van der Waals surface area contributed by atoms with Gasteiger partial charge in [0.2, 0.25) is 11.8 Å². The van der Waals surface area contributed by atoms with Gasteiger partial charge >= 0.3 is 0 Å². The second-order valence-electron chi connectivity index (χ2n) is 8.10. The molecule has 7 nitrogen and oxygen atoms in total. The summed E-state index contributed by atoms with van der Waals surface area (Å²) in [5.74, 6) is 0.0363. The van der Waals surface area contributed by atoms with Crippen LogP contribution >= 0.6 is 0 Å². The molecule has 7 heteroatoms. The van der Waals surface area contributed by atoms with Gasteiger partial charge in [-0.2, -0.15) is 0 Å². The second kappa shape index (κ2) is 7.42. The number of hydrogen-bond donors (Lipinski definition) is 1. The van der Waals surface area contributed by atoms with Crippen LogP contribution in [0.3, 0.4) is 0 Å². The number of fused-ring (bicyclic) bond motifs is 1. The molecule has 160 valence electrons. The molecular weight excluding hydrogens is 396 g/mol. The van der Waals surface area contributed by atoms with Gasteiger partial charge in [0.15, 0.2) is 0 Å². The smallest absolute Gasteiger partial charge is 0.234 e. The Hall–Kier alpha value is -3.32. The minimum absolute atomic E-state index is 0.0957. The number of nitrogens with one attached hydrogen (secondary N) is 1. The first kappa shape index (κ1) is 19.6. The Morgan fingerprint density at radius 3 is 2.68 bits per heavy atom. The summed E-state index contributed by atoms with van der Waals surface area (Å²) >= 11 is 0. The number of benzene rings is 2. The largest absolute Gasteiger partial charge is 0.497 e. The highest BCUT2D eigenvalue weighted by Crippen LogP contribution is 2.52. The lowest BCUT2D eigenvalue weighted by Gasteiger charge is -2.23. The van der Waals surface area contributed by atoms with Gasteiger partial charge in [-0.05, 0) is 29.8 Å². The van der Waals surface area contributed by atoms with Crippen molar-refractivity contribution >= 4 is 17.5 Å². The first-order chi connectivity index (χ1) is 15.0. The number of carbonyl (C=O) groups excluding carboxylic acids is 2. The number of hydrogen-bond acceptors (Lipinski definition) is 5. The average molecular weight is 420 g/mol. The molecule has 4 atom stereocenters. The van der Waals surface area contributed by atoms with Gasteiger partial charge in [0.25, 0.3) is 0 Å². The van der Waals surface area contributed by atoms with Crippen molar-refractivity contribution in [1.82, 2.24) is 5.32 Å². The van der Waals surface area contributed by atoms with Crippen LogP contribution in [-0.2, 0) is 20.9 Å². The fourth-order valence-corrected chi connectivity index (χ4v) is 4.88. The minimum Gasteiger partial charge on any atom is -0.497 e. The number of methoxy groups -OCH3 is 2. The summed E-state index contributed by atoms with van der Waals surface area (Å²) in [6, 6.07) is 14.9. The number of nitrogens with zero attached hydrogens (tertiary/aromatic N) is 1. The number of anilines is 1. The van der Waals surface area contributed by atoms with E-state index in [0.29, 0.717) is 18.8 Å². The molecule has 1 N–H and O–H groups in total. The Morgan fingerprint density at radius 1 is 1.16 bits per heavy atom. The van der Waals surface area contributed by atoms with E-state index in [2.05, 4.69) is 5.32 Å². The summed E-state index contributed by atoms with van der Waals surface area (Å²) in [6.07, 6.45) is 3.48. The molecular formula is C24H24N2O5. The molecule has 2 bridgehead atoms. The summed E-state index contributed by atoms with van der Waals surface area (Å²) in [4.78, 5) is 28.3. The highest BCUT2D eigenvalue weighted by Gasteiger charge is 2.67. The highest BCUT2D eigenvalue weighted by molar-refractivity contribution is 6.03. The number of carbonyl (C=O) groups is 2. The van der Waals surface area contributed by atoms with Gasteiger partial charge in [-0.25, -0.2) is 0 Å². The van der Waals surface area contributed by atoms with E-state index >= 15 is 0 Å². The zero-order chi connectivity index (χ0) is 21.6. The molecule has 0 aromatic heterocycles. The molecule has 1 spiro atoms. The van der Waals surface area contributed by atoms with Crippen LogP contribution in [0.4, 0.5) is 5.69 Å². The van der Waals surface area contributed by atoms with E-state index in [1.165, 1.54) is 0 Å². The van der Waals surface area contributed by atoms with Crippen LogP contribution < -0.4 is 19.7 Å². The Bertz CT molecular complexity index is 1070. The third-order valence-corrected chi connectivity index (χ3v) is 6.37. The van der Waals surface area contributed by atoms with Gasteiger partial charge in [0.05, 0.1) is 38.7 Å². The number of ether oxygens (including phenoxy) is 3. The van der Waals surface area contributed by atoms with Gasteiger partial charge < -0.3 is 24.4 Å². The van der Waals surface area contributed by atoms with Crippen LogP contribution in [0, 0.1) is 11.8 Å². The average Bonchev–Trinajstić information content (AvgIpc) is 3.46. The van der Waals surface area contributed by atoms with Gasteiger partial charge in [0.1, 0.15) is 17.1 Å². The van der Waals surface area contributed by atoms with Crippen molar-refractivity contribution in [2.75, 3.05) is 25.7 Å². The van der Waals surface area contributed by atoms with E-state index < -0.39 is 17.4 Å². The molecule has 2 fully saturated rings. The van der Waals surface area contributed by atoms with Gasteiger partial charge in [0, 0.05) is 18.3 Å². The summed E-state index contributed by atoms with van der Waals surface area (Å²) in [5.41, 5.74) is 0.907. The van der Waals surface area contributed by atoms with Crippen LogP contribution in [0.2, 0.25) is 0 Å². The van der Waals surface area contributed by atoms with Crippen molar-refractivity contribution in [1.29, 1.82) is 0 Å². The van der Waals surface area contributed by atoms with E-state index in [1.54, 1.807) is 19.1 Å². The zero-order valence-electron chi connectivity index (χ0n) is 17.4. The molecule has 2 saturated heterocycles. The maximum atomic E-state index is 13.4. The molecule has 31 heavy (non-hydrogen) atoms. The van der Waals surface area contributed by atoms with Crippen LogP contribution in [0.15, 0.2) is 60.7 Å². The summed E-state index contributed by atoms with van der Waals surface area (Å²) in [7, 11) is 3.20. The van der Waals surface area contributed by atoms with E-state index in [0.717, 1.165) is 17.0 Å². The van der Waals surface area contributed by atoms with Crippen molar-refractivity contribution in [3.05, 3.63) is 66.2 Å². The maximum absolute atomic E-state index is 13.4. The molecule has 5 rings (SSSR count). The van der Waals surface area contributed by atoms with Gasteiger partial charge in [-0.1, -0.05) is 30.4 Å². The molecule has 3 unspecified atom stereocenters. The fraction of sp³-hybridized carbons (Fsp3) is 0.333. The highest BCUT2D eigenvalue weighted by atomic mass is 16.5. The van der Waals surface area contributed by atoms with Crippen molar-refractivity contribution in [3.8, 4) is 11.5 Å². The lowest BCUT2D eigenvalue weighted by atomic mass is 9.77. The fourth-order valence-electron chi connectivity index (χ4n) is 4.88. The standard InChI is InChI=1S/C24H24N2O5/c1-29-17-7-3-5-15(11-17)13-25-22(27)20-19-9-10-24(31-19)14-26(23(28)21(20)24)16-6-4-8-18(12-16)30-2/h3-12,19-21H,13-14H2,1-2H3,(H,25,27)/t19?,20?,21?,24-/m1/s1. The monoisotopic (exact) mass is 420 g/mol. The Labute approximate surface area is 180 Å². The second-order valence-corrected chi connectivity index (χ2v) is 8.10. The van der Waals surface area contributed by atoms with Crippen LogP contribution in [0.5, 0.6) is 11.5 Å². The maximum Gasteiger partial charge on any atom is 0.234 e. The van der Waals surface area contributed by atoms with Crippen molar-refractivity contribution in [2.45, 2.75) is 18.2 Å². The topological polar surface area (TPSA) is 77.1 Å². The Balaban J connectivity index is 1.36. The Kier molecular flexibility index (Phi) is 4.70. The van der Waals surface area contributed by atoms with E-state index in [4.69, 9.17) is 14.2 Å². The summed E-state index contributed by atoms with van der Waals surface area (Å²) < 4.78 is 16.7. The van der Waals surface area contributed by atoms with Crippen LogP contribution in [0.1, 0.15) is 5.56 Å². The third-order valence-electron chi connectivity index (χ3n) is 6.37. The number of amides is 2. The normalized spacial score (nSPS) is 28.0. The SMILES string of the molecule is COc1cccc(CNC(=O)C2C3C=C[C@]4(CN(c5cccc(OC)c5)C(=O)C24)O3)c1. The van der Waals surface area contributed by atoms with Gasteiger partial charge in [-0.3, -0.25) is 9.59 Å². The predicted molar refractivity (Wildman–Crippen MR) is 114 cm³/mol. The van der Waals surface area contributed by atoms with Crippen molar-refractivity contribution in [2.24, 2.45) is 11.8 Å². The van der Waals surface area contributed by atoms with E-state index in [9.17, 15) is 9.59 Å². The lowest BCUT2D eigenvalue weighted by Crippen LogP contribution is -2.43. The molecule has 0 radical (unpaired) electrons. The van der Waals surface area contributed by atoms with Crippen LogP contribution in [-0.4, -0.2) is 44.3 Å². The van der Waals surface area contributed by atoms with Crippen molar-refractivity contribution < 1.29 is 23.8 Å². The number of rotatable bonds is 6. The molecule has 3 aliphatic rings. The minimum atomic E-state index is -0.761. The van der Waals surface area contributed by atoms with E-state index in [1.807, 2.05) is 60.7 Å². The molecule has 0 aliphatic carbocycles. The third kappa shape index (κ3) is 3.16. The summed E-state index contributed by atoms with van der Waals surface area (Å²) in [5, 5.41) is 2.98.